The Hall–Kier alpha value is -1.78. The van der Waals surface area contributed by atoms with Gasteiger partial charge in [0.1, 0.15) is 0 Å². The second-order valence-electron chi connectivity index (χ2n) is 6.54. The first-order chi connectivity index (χ1) is 10.7. The van der Waals surface area contributed by atoms with Crippen molar-refractivity contribution in [1.82, 2.24) is 15.6 Å². The van der Waals surface area contributed by atoms with Gasteiger partial charge in [-0.3, -0.25) is 0 Å². The molecule has 120 valence electrons. The van der Waals surface area contributed by atoms with Gasteiger partial charge in [0.2, 0.25) is 5.88 Å². The van der Waals surface area contributed by atoms with Gasteiger partial charge < -0.3 is 15.4 Å². The lowest BCUT2D eigenvalue weighted by Crippen LogP contribution is -2.36. The summed E-state index contributed by atoms with van der Waals surface area (Å²) in [6.45, 7) is 1.26. The van der Waals surface area contributed by atoms with Crippen molar-refractivity contribution in [2.45, 2.75) is 38.6 Å². The number of carbonyl (C=O) groups is 1. The van der Waals surface area contributed by atoms with Crippen LogP contribution in [0.1, 0.15) is 37.7 Å². The predicted molar refractivity (Wildman–Crippen MR) is 84.6 cm³/mol. The summed E-state index contributed by atoms with van der Waals surface area (Å²) in [4.78, 5) is 15.9. The molecule has 2 aliphatic rings. The van der Waals surface area contributed by atoms with Crippen LogP contribution in [0.25, 0.3) is 0 Å². The average molecular weight is 303 g/mol. The maximum atomic E-state index is 11.8. The molecule has 2 N–H and O–H groups in total. The smallest absolute Gasteiger partial charge is 0.315 e. The van der Waals surface area contributed by atoms with Gasteiger partial charge in [-0.25, -0.2) is 9.78 Å². The zero-order valence-electron chi connectivity index (χ0n) is 13.2. The topological polar surface area (TPSA) is 63.2 Å². The lowest BCUT2D eigenvalue weighted by atomic mass is 9.86. The number of carbonyl (C=O) groups excluding carboxylic acids is 1. The quantitative estimate of drug-likeness (QED) is 0.849. The SMILES string of the molecule is COc1cc(CNC(=O)NCCC2CC3CCC2C3)ccn1. The summed E-state index contributed by atoms with van der Waals surface area (Å²) in [6.07, 6.45) is 8.46. The molecule has 0 radical (unpaired) electrons. The van der Waals surface area contributed by atoms with E-state index in [1.165, 1.54) is 25.7 Å². The number of nitrogens with one attached hydrogen (secondary N) is 2. The molecule has 0 aliphatic heterocycles. The van der Waals surface area contributed by atoms with E-state index in [0.717, 1.165) is 36.3 Å². The highest BCUT2D eigenvalue weighted by Crippen LogP contribution is 2.49. The van der Waals surface area contributed by atoms with Crippen molar-refractivity contribution in [3.05, 3.63) is 23.9 Å². The Balaban J connectivity index is 1.34. The van der Waals surface area contributed by atoms with Crippen molar-refractivity contribution in [2.24, 2.45) is 17.8 Å². The normalized spacial score (nSPS) is 26.0. The lowest BCUT2D eigenvalue weighted by Gasteiger charge is -2.21. The molecule has 2 aliphatic carbocycles. The van der Waals surface area contributed by atoms with E-state index in [1.54, 1.807) is 13.3 Å². The minimum Gasteiger partial charge on any atom is -0.481 e. The van der Waals surface area contributed by atoms with E-state index in [4.69, 9.17) is 4.74 Å². The molecule has 22 heavy (non-hydrogen) atoms. The maximum Gasteiger partial charge on any atom is 0.315 e. The van der Waals surface area contributed by atoms with Crippen LogP contribution in [0.2, 0.25) is 0 Å². The third-order valence-corrected chi connectivity index (χ3v) is 5.15. The van der Waals surface area contributed by atoms with Crippen LogP contribution in [0.3, 0.4) is 0 Å². The van der Waals surface area contributed by atoms with Crippen LogP contribution in [0, 0.1) is 17.8 Å². The number of methoxy groups -OCH3 is 1. The van der Waals surface area contributed by atoms with Gasteiger partial charge in [0, 0.05) is 25.4 Å². The Labute approximate surface area is 131 Å². The van der Waals surface area contributed by atoms with E-state index in [1.807, 2.05) is 12.1 Å². The standard InChI is InChI=1S/C17H25N3O2/c1-22-16-10-13(4-6-18-16)11-20-17(21)19-7-5-15-9-12-2-3-14(15)8-12/h4,6,10,12,14-15H,2-3,5,7-9,11H2,1H3,(H2,19,20,21). The monoisotopic (exact) mass is 303 g/mol. The fraction of sp³-hybridized carbons (Fsp3) is 0.647. The first-order valence-electron chi connectivity index (χ1n) is 8.25. The summed E-state index contributed by atoms with van der Waals surface area (Å²) < 4.78 is 5.07. The van der Waals surface area contributed by atoms with Gasteiger partial charge >= 0.3 is 6.03 Å². The van der Waals surface area contributed by atoms with Crippen LogP contribution in [0.5, 0.6) is 5.88 Å². The molecular weight excluding hydrogens is 278 g/mol. The summed E-state index contributed by atoms with van der Waals surface area (Å²) in [6, 6.07) is 3.60. The third-order valence-electron chi connectivity index (χ3n) is 5.15. The van der Waals surface area contributed by atoms with Crippen molar-refractivity contribution < 1.29 is 9.53 Å². The highest BCUT2D eigenvalue weighted by Gasteiger charge is 2.38. The van der Waals surface area contributed by atoms with Crippen molar-refractivity contribution >= 4 is 6.03 Å². The summed E-state index contributed by atoms with van der Waals surface area (Å²) in [5, 5.41) is 5.85. The summed E-state index contributed by atoms with van der Waals surface area (Å²) in [7, 11) is 1.59. The number of hydrogen-bond donors (Lipinski definition) is 2. The van der Waals surface area contributed by atoms with E-state index >= 15 is 0 Å². The largest absolute Gasteiger partial charge is 0.481 e. The van der Waals surface area contributed by atoms with Crippen LogP contribution in [-0.2, 0) is 6.54 Å². The van der Waals surface area contributed by atoms with Crippen molar-refractivity contribution in [3.63, 3.8) is 0 Å². The van der Waals surface area contributed by atoms with Gasteiger partial charge in [-0.05, 0) is 55.1 Å². The van der Waals surface area contributed by atoms with Gasteiger partial charge in [-0.2, -0.15) is 0 Å². The minimum atomic E-state index is -0.0982. The van der Waals surface area contributed by atoms with E-state index < -0.39 is 0 Å². The zero-order chi connectivity index (χ0) is 15.4. The number of amides is 2. The Morgan fingerprint density at radius 3 is 3.00 bits per heavy atom. The Kier molecular flexibility index (Phi) is 4.80. The number of aromatic nitrogens is 1. The molecule has 2 fully saturated rings. The molecule has 3 rings (SSSR count). The minimum absolute atomic E-state index is 0.0982. The average Bonchev–Trinajstić information content (AvgIpc) is 3.16. The molecule has 3 atom stereocenters. The van der Waals surface area contributed by atoms with E-state index in [-0.39, 0.29) is 6.03 Å². The molecule has 5 heteroatoms. The highest BCUT2D eigenvalue weighted by atomic mass is 16.5. The fourth-order valence-corrected chi connectivity index (χ4v) is 4.02. The molecule has 3 unspecified atom stereocenters. The maximum absolute atomic E-state index is 11.8. The number of fused-ring (bicyclic) bond motifs is 2. The van der Waals surface area contributed by atoms with Crippen LogP contribution in [0.15, 0.2) is 18.3 Å². The van der Waals surface area contributed by atoms with Gasteiger partial charge in [0.25, 0.3) is 0 Å². The molecule has 2 saturated carbocycles. The summed E-state index contributed by atoms with van der Waals surface area (Å²) >= 11 is 0. The van der Waals surface area contributed by atoms with E-state index in [2.05, 4.69) is 15.6 Å². The highest BCUT2D eigenvalue weighted by molar-refractivity contribution is 5.73. The van der Waals surface area contributed by atoms with Crippen LogP contribution in [0.4, 0.5) is 4.79 Å². The summed E-state index contributed by atoms with van der Waals surface area (Å²) in [5.41, 5.74) is 0.982. The zero-order valence-corrected chi connectivity index (χ0v) is 13.2. The van der Waals surface area contributed by atoms with Gasteiger partial charge in [0.15, 0.2) is 0 Å². The molecule has 0 aromatic carbocycles. The molecule has 0 spiro atoms. The van der Waals surface area contributed by atoms with Crippen molar-refractivity contribution in [3.8, 4) is 5.88 Å². The Morgan fingerprint density at radius 2 is 2.27 bits per heavy atom. The van der Waals surface area contributed by atoms with Crippen molar-refractivity contribution in [2.75, 3.05) is 13.7 Å². The molecule has 1 heterocycles. The van der Waals surface area contributed by atoms with Crippen LogP contribution in [-0.4, -0.2) is 24.7 Å². The molecule has 2 bridgehead atoms. The molecule has 1 aromatic rings. The lowest BCUT2D eigenvalue weighted by molar-refractivity contribution is 0.237. The Morgan fingerprint density at radius 1 is 1.36 bits per heavy atom. The van der Waals surface area contributed by atoms with E-state index in [0.29, 0.717) is 12.4 Å². The Bertz CT molecular complexity index is 520. The number of hydrogen-bond acceptors (Lipinski definition) is 3. The summed E-state index contributed by atoms with van der Waals surface area (Å²) in [5.74, 6) is 3.31. The second-order valence-corrected chi connectivity index (χ2v) is 6.54. The molecule has 0 saturated heterocycles. The first-order valence-corrected chi connectivity index (χ1v) is 8.25. The molecule has 5 nitrogen and oxygen atoms in total. The first kappa shape index (κ1) is 15.1. The fourth-order valence-electron chi connectivity index (χ4n) is 4.02. The third kappa shape index (κ3) is 3.70. The van der Waals surface area contributed by atoms with Crippen LogP contribution >= 0.6 is 0 Å². The van der Waals surface area contributed by atoms with Gasteiger partial charge in [0.05, 0.1) is 7.11 Å². The number of rotatable bonds is 6. The predicted octanol–water partition coefficient (Wildman–Crippen LogP) is 2.72. The number of urea groups is 1. The van der Waals surface area contributed by atoms with E-state index in [9.17, 15) is 4.79 Å². The second kappa shape index (κ2) is 6.99. The number of pyridine rings is 1. The number of nitrogens with zero attached hydrogens (tertiary/aromatic N) is 1. The van der Waals surface area contributed by atoms with Crippen molar-refractivity contribution in [1.29, 1.82) is 0 Å². The molecule has 1 aromatic heterocycles. The van der Waals surface area contributed by atoms with Crippen LogP contribution < -0.4 is 15.4 Å². The van der Waals surface area contributed by atoms with Gasteiger partial charge in [-0.1, -0.05) is 6.42 Å². The van der Waals surface area contributed by atoms with Gasteiger partial charge in [-0.15, -0.1) is 0 Å². The number of ether oxygens (including phenoxy) is 1. The molecule has 2 amide bonds. The molecular formula is C17H25N3O2.